The lowest BCUT2D eigenvalue weighted by molar-refractivity contribution is 0.246. The lowest BCUT2D eigenvalue weighted by Crippen LogP contribution is -2.46. The van der Waals surface area contributed by atoms with Crippen molar-refractivity contribution >= 4 is 11.5 Å². The van der Waals surface area contributed by atoms with Crippen LogP contribution in [-0.4, -0.2) is 41.2 Å². The summed E-state index contributed by atoms with van der Waals surface area (Å²) >= 11 is 0. The molecule has 0 bridgehead atoms. The summed E-state index contributed by atoms with van der Waals surface area (Å²) in [7, 11) is 0. The number of aromatic hydroxyl groups is 1. The van der Waals surface area contributed by atoms with Crippen LogP contribution in [0.1, 0.15) is 5.56 Å². The molecule has 2 aromatic rings. The van der Waals surface area contributed by atoms with Crippen LogP contribution in [0.3, 0.4) is 0 Å². The zero-order valence-corrected chi connectivity index (χ0v) is 11.9. The number of phenolic OH excluding ortho intramolecular Hbond substituents is 1. The predicted octanol–water partition coefficient (Wildman–Crippen LogP) is 1.69. The number of hydrogen-bond donors (Lipinski definition) is 2. The Morgan fingerprint density at radius 3 is 2.62 bits per heavy atom. The van der Waals surface area contributed by atoms with E-state index < -0.39 is 0 Å². The van der Waals surface area contributed by atoms with Crippen molar-refractivity contribution < 1.29 is 5.11 Å². The van der Waals surface area contributed by atoms with Gasteiger partial charge in [-0.1, -0.05) is 6.07 Å². The normalized spacial score (nSPS) is 16.1. The summed E-state index contributed by atoms with van der Waals surface area (Å²) in [5.74, 6) is 1.35. The zero-order chi connectivity index (χ0) is 14.7. The maximum atomic E-state index is 9.89. The van der Waals surface area contributed by atoms with Gasteiger partial charge in [-0.2, -0.15) is 0 Å². The third-order valence-corrected chi connectivity index (χ3v) is 3.84. The molecule has 1 saturated heterocycles. The van der Waals surface area contributed by atoms with Crippen molar-refractivity contribution in [1.29, 1.82) is 0 Å². The van der Waals surface area contributed by atoms with Crippen molar-refractivity contribution in [3.8, 4) is 5.75 Å². The van der Waals surface area contributed by atoms with Crippen LogP contribution in [-0.2, 0) is 6.54 Å². The maximum absolute atomic E-state index is 9.89. The van der Waals surface area contributed by atoms with Crippen molar-refractivity contribution in [1.82, 2.24) is 9.88 Å². The Morgan fingerprint density at radius 1 is 1.10 bits per heavy atom. The molecule has 0 atom stereocenters. The van der Waals surface area contributed by atoms with Gasteiger partial charge in [-0.3, -0.25) is 4.90 Å². The molecule has 2 heterocycles. The Balaban J connectivity index is 1.60. The minimum absolute atomic E-state index is 0.316. The number of phenols is 1. The van der Waals surface area contributed by atoms with E-state index >= 15 is 0 Å². The first-order valence-corrected chi connectivity index (χ1v) is 7.18. The number of nitrogens with zero attached hydrogens (tertiary/aromatic N) is 3. The summed E-state index contributed by atoms with van der Waals surface area (Å²) in [6, 6.07) is 11.2. The fourth-order valence-corrected chi connectivity index (χ4v) is 2.65. The molecule has 5 heteroatoms. The first-order chi connectivity index (χ1) is 10.2. The molecule has 21 heavy (non-hydrogen) atoms. The maximum Gasteiger partial charge on any atom is 0.128 e. The molecule has 0 radical (unpaired) electrons. The Hall–Kier alpha value is -2.27. The predicted molar refractivity (Wildman–Crippen MR) is 84.2 cm³/mol. The molecule has 0 saturated carbocycles. The largest absolute Gasteiger partial charge is 0.508 e. The van der Waals surface area contributed by atoms with Crippen LogP contribution < -0.4 is 10.6 Å². The Kier molecular flexibility index (Phi) is 3.92. The molecule has 1 fully saturated rings. The van der Waals surface area contributed by atoms with E-state index in [-0.39, 0.29) is 0 Å². The highest BCUT2D eigenvalue weighted by Gasteiger charge is 2.18. The summed E-state index contributed by atoms with van der Waals surface area (Å²) in [5.41, 5.74) is 7.36. The number of piperazine rings is 1. The molecule has 0 aliphatic carbocycles. The van der Waals surface area contributed by atoms with Gasteiger partial charge in [0.15, 0.2) is 0 Å². The van der Waals surface area contributed by atoms with Gasteiger partial charge in [0.05, 0.1) is 0 Å². The topological polar surface area (TPSA) is 65.6 Å². The lowest BCUT2D eigenvalue weighted by Gasteiger charge is -2.35. The van der Waals surface area contributed by atoms with E-state index in [1.165, 1.54) is 0 Å². The van der Waals surface area contributed by atoms with Gasteiger partial charge in [-0.05, 0) is 30.3 Å². The van der Waals surface area contributed by atoms with Crippen LogP contribution in [0.4, 0.5) is 11.5 Å². The van der Waals surface area contributed by atoms with Crippen molar-refractivity contribution in [2.75, 3.05) is 36.8 Å². The van der Waals surface area contributed by atoms with Crippen LogP contribution in [0.15, 0.2) is 42.6 Å². The number of nitrogens with two attached hydrogens (primary N) is 1. The molecule has 0 amide bonds. The molecular weight excluding hydrogens is 264 g/mol. The lowest BCUT2D eigenvalue weighted by atomic mass is 10.1. The molecule has 1 aliphatic rings. The molecule has 5 nitrogen and oxygen atoms in total. The molecular formula is C16H20N4O. The summed E-state index contributed by atoms with van der Waals surface area (Å²) in [6.45, 7) is 4.52. The molecule has 110 valence electrons. The molecule has 1 aliphatic heterocycles. The molecule has 0 spiro atoms. The number of rotatable bonds is 3. The standard InChI is InChI=1S/C16H20N4O/c17-14-4-5-15(21)13(11-14)12-19-7-9-20(10-8-19)16-3-1-2-6-18-16/h1-6,11,21H,7-10,12,17H2. The summed E-state index contributed by atoms with van der Waals surface area (Å²) in [6.07, 6.45) is 1.83. The zero-order valence-electron chi connectivity index (χ0n) is 11.9. The fraction of sp³-hybridized carbons (Fsp3) is 0.312. The average Bonchev–Trinajstić information content (AvgIpc) is 2.53. The first-order valence-electron chi connectivity index (χ1n) is 7.18. The Bertz CT molecular complexity index is 594. The minimum Gasteiger partial charge on any atom is -0.508 e. The van der Waals surface area contributed by atoms with Crippen LogP contribution in [0.5, 0.6) is 5.75 Å². The van der Waals surface area contributed by atoms with Gasteiger partial charge < -0.3 is 15.7 Å². The summed E-state index contributed by atoms with van der Waals surface area (Å²) < 4.78 is 0. The van der Waals surface area contributed by atoms with Crippen molar-refractivity contribution in [3.63, 3.8) is 0 Å². The van der Waals surface area contributed by atoms with E-state index in [2.05, 4.69) is 14.8 Å². The fourth-order valence-electron chi connectivity index (χ4n) is 2.65. The number of pyridine rings is 1. The van der Waals surface area contributed by atoms with Crippen LogP contribution in [0.25, 0.3) is 0 Å². The molecule has 1 aromatic heterocycles. The number of anilines is 2. The second-order valence-electron chi connectivity index (χ2n) is 5.34. The van der Waals surface area contributed by atoms with Gasteiger partial charge in [0, 0.05) is 50.2 Å². The average molecular weight is 284 g/mol. The van der Waals surface area contributed by atoms with Crippen molar-refractivity contribution in [2.45, 2.75) is 6.54 Å². The SMILES string of the molecule is Nc1ccc(O)c(CN2CCN(c3ccccn3)CC2)c1. The third-order valence-electron chi connectivity index (χ3n) is 3.84. The van der Waals surface area contributed by atoms with Gasteiger partial charge in [0.25, 0.3) is 0 Å². The second-order valence-corrected chi connectivity index (χ2v) is 5.34. The number of benzene rings is 1. The van der Waals surface area contributed by atoms with Crippen LogP contribution in [0.2, 0.25) is 0 Å². The number of aromatic nitrogens is 1. The van der Waals surface area contributed by atoms with Crippen molar-refractivity contribution in [3.05, 3.63) is 48.2 Å². The number of nitrogen functional groups attached to an aromatic ring is 1. The highest BCUT2D eigenvalue weighted by molar-refractivity contribution is 5.47. The smallest absolute Gasteiger partial charge is 0.128 e. The van der Waals surface area contributed by atoms with E-state index in [0.717, 1.165) is 44.1 Å². The van der Waals surface area contributed by atoms with E-state index in [1.54, 1.807) is 12.1 Å². The third kappa shape index (κ3) is 3.25. The first kappa shape index (κ1) is 13.7. The van der Waals surface area contributed by atoms with Crippen LogP contribution >= 0.6 is 0 Å². The monoisotopic (exact) mass is 284 g/mol. The molecule has 3 N–H and O–H groups in total. The summed E-state index contributed by atoms with van der Waals surface area (Å²) in [5, 5.41) is 9.89. The highest BCUT2D eigenvalue weighted by atomic mass is 16.3. The molecule has 3 rings (SSSR count). The Morgan fingerprint density at radius 2 is 1.90 bits per heavy atom. The van der Waals surface area contributed by atoms with Gasteiger partial charge >= 0.3 is 0 Å². The van der Waals surface area contributed by atoms with Crippen LogP contribution in [0, 0.1) is 0 Å². The van der Waals surface area contributed by atoms with Gasteiger partial charge in [-0.25, -0.2) is 4.98 Å². The van der Waals surface area contributed by atoms with E-state index in [1.807, 2.05) is 30.5 Å². The Labute approximate surface area is 124 Å². The second kappa shape index (κ2) is 6.01. The highest BCUT2D eigenvalue weighted by Crippen LogP contribution is 2.22. The quantitative estimate of drug-likeness (QED) is 0.663. The number of hydrogen-bond acceptors (Lipinski definition) is 5. The van der Waals surface area contributed by atoms with Gasteiger partial charge in [0.2, 0.25) is 0 Å². The van der Waals surface area contributed by atoms with E-state index in [0.29, 0.717) is 11.4 Å². The summed E-state index contributed by atoms with van der Waals surface area (Å²) in [4.78, 5) is 9.00. The molecule has 0 unspecified atom stereocenters. The van der Waals surface area contributed by atoms with Gasteiger partial charge in [-0.15, -0.1) is 0 Å². The van der Waals surface area contributed by atoms with Gasteiger partial charge in [0.1, 0.15) is 11.6 Å². The van der Waals surface area contributed by atoms with Crippen molar-refractivity contribution in [2.24, 2.45) is 0 Å². The molecule has 1 aromatic carbocycles. The minimum atomic E-state index is 0.316. The van der Waals surface area contributed by atoms with E-state index in [9.17, 15) is 5.11 Å². The van der Waals surface area contributed by atoms with E-state index in [4.69, 9.17) is 5.73 Å².